The van der Waals surface area contributed by atoms with Gasteiger partial charge in [0.05, 0.1) is 23.4 Å². The van der Waals surface area contributed by atoms with E-state index in [9.17, 15) is 23.1 Å². The molecular formula is C19H18F3N3O3. The number of carboxylic acid groups (broad SMARTS) is 1. The van der Waals surface area contributed by atoms with Crippen LogP contribution in [-0.2, 0) is 22.8 Å². The first kappa shape index (κ1) is 19.7. The predicted octanol–water partition coefficient (Wildman–Crippen LogP) is 3.68. The fourth-order valence-corrected chi connectivity index (χ4v) is 2.95. The van der Waals surface area contributed by atoms with Gasteiger partial charge in [-0.15, -0.1) is 0 Å². The van der Waals surface area contributed by atoms with E-state index in [-0.39, 0.29) is 18.9 Å². The number of alkyl halides is 3. The van der Waals surface area contributed by atoms with Gasteiger partial charge in [-0.3, -0.25) is 4.68 Å². The van der Waals surface area contributed by atoms with Crippen LogP contribution < -0.4 is 4.90 Å². The summed E-state index contributed by atoms with van der Waals surface area (Å²) >= 11 is 0. The summed E-state index contributed by atoms with van der Waals surface area (Å²) in [6.07, 6.45) is -1.44. The van der Waals surface area contributed by atoms with Crippen LogP contribution in [0.5, 0.6) is 0 Å². The predicted molar refractivity (Wildman–Crippen MR) is 96.3 cm³/mol. The quantitative estimate of drug-likeness (QED) is 0.862. The largest absolute Gasteiger partial charge is 0.478 e. The zero-order valence-electron chi connectivity index (χ0n) is 15.2. The number of hydrogen-bond donors (Lipinski definition) is 1. The zero-order valence-corrected chi connectivity index (χ0v) is 15.2. The summed E-state index contributed by atoms with van der Waals surface area (Å²) in [6, 6.07) is 6.62. The molecule has 0 bridgehead atoms. The molecule has 0 amide bonds. The Morgan fingerprint density at radius 1 is 1.29 bits per heavy atom. The van der Waals surface area contributed by atoms with Crippen molar-refractivity contribution < 1.29 is 27.8 Å². The molecule has 1 N–H and O–H groups in total. The van der Waals surface area contributed by atoms with Gasteiger partial charge in [0.1, 0.15) is 6.73 Å². The molecule has 1 aromatic heterocycles. The summed E-state index contributed by atoms with van der Waals surface area (Å²) in [5.74, 6) is -1.13. The van der Waals surface area contributed by atoms with Crippen molar-refractivity contribution in [2.45, 2.75) is 13.1 Å². The normalized spacial score (nSPS) is 15.9. The summed E-state index contributed by atoms with van der Waals surface area (Å²) in [7, 11) is 1.70. The Morgan fingerprint density at radius 3 is 2.64 bits per heavy atom. The number of carboxylic acids is 1. The number of carbonyl (C=O) groups is 1. The van der Waals surface area contributed by atoms with Gasteiger partial charge in [-0.1, -0.05) is 6.07 Å². The van der Waals surface area contributed by atoms with Crippen LogP contribution in [0.2, 0.25) is 0 Å². The highest BCUT2D eigenvalue weighted by Gasteiger charge is 2.31. The number of halogens is 3. The lowest BCUT2D eigenvalue weighted by atomic mass is 10.0. The van der Waals surface area contributed by atoms with Crippen LogP contribution in [0.1, 0.15) is 18.2 Å². The summed E-state index contributed by atoms with van der Waals surface area (Å²) in [5.41, 5.74) is 1.27. The molecule has 2 aromatic rings. The molecule has 3 rings (SSSR count). The van der Waals surface area contributed by atoms with Gasteiger partial charge < -0.3 is 14.7 Å². The van der Waals surface area contributed by atoms with E-state index in [1.807, 2.05) is 0 Å². The zero-order chi connectivity index (χ0) is 20.5. The molecule has 0 unspecified atom stereocenters. The van der Waals surface area contributed by atoms with Crippen LogP contribution >= 0.6 is 0 Å². The lowest BCUT2D eigenvalue weighted by molar-refractivity contribution is -0.137. The van der Waals surface area contributed by atoms with Crippen LogP contribution in [-0.4, -0.2) is 34.2 Å². The third-order valence-corrected chi connectivity index (χ3v) is 4.45. The molecular weight excluding hydrogens is 375 g/mol. The Labute approximate surface area is 159 Å². The van der Waals surface area contributed by atoms with Crippen LogP contribution in [0.25, 0.3) is 5.57 Å². The number of benzene rings is 1. The number of aromatic nitrogens is 2. The van der Waals surface area contributed by atoms with E-state index >= 15 is 0 Å². The lowest BCUT2D eigenvalue weighted by Gasteiger charge is -2.29. The highest BCUT2D eigenvalue weighted by atomic mass is 19.4. The Kier molecular flexibility index (Phi) is 5.28. The number of nitrogens with zero attached hydrogens (tertiary/aromatic N) is 3. The average molecular weight is 393 g/mol. The molecule has 1 aliphatic rings. The van der Waals surface area contributed by atoms with Gasteiger partial charge in [0.25, 0.3) is 0 Å². The lowest BCUT2D eigenvalue weighted by Crippen LogP contribution is -2.28. The molecule has 28 heavy (non-hydrogen) atoms. The van der Waals surface area contributed by atoms with E-state index in [4.69, 9.17) is 4.74 Å². The number of rotatable bonds is 3. The second kappa shape index (κ2) is 7.51. The first-order valence-electron chi connectivity index (χ1n) is 8.34. The SMILES string of the molecule is CC1=C(c2ccnn2C)C=C(C(=O)O)COCN1c1cccc(C(F)(F)F)c1. The first-order valence-corrected chi connectivity index (χ1v) is 8.34. The van der Waals surface area contributed by atoms with Crippen molar-refractivity contribution in [1.82, 2.24) is 9.78 Å². The van der Waals surface area contributed by atoms with Gasteiger partial charge in [-0.2, -0.15) is 18.3 Å². The molecule has 0 saturated heterocycles. The third kappa shape index (κ3) is 3.94. The fourth-order valence-electron chi connectivity index (χ4n) is 2.95. The van der Waals surface area contributed by atoms with Gasteiger partial charge in [0.2, 0.25) is 0 Å². The maximum Gasteiger partial charge on any atom is 0.416 e. The number of hydrogen-bond acceptors (Lipinski definition) is 4. The van der Waals surface area contributed by atoms with Gasteiger partial charge >= 0.3 is 12.1 Å². The molecule has 0 fully saturated rings. The van der Waals surface area contributed by atoms with Gasteiger partial charge in [-0.05, 0) is 37.3 Å². The molecule has 0 spiro atoms. The molecule has 0 radical (unpaired) electrons. The average Bonchev–Trinajstić information content (AvgIpc) is 3.04. The van der Waals surface area contributed by atoms with Gasteiger partial charge in [0, 0.05) is 30.2 Å². The number of allylic oxidation sites excluding steroid dienone is 3. The standard InChI is InChI=1S/C19H18F3N3O3/c1-12-16(17-6-7-23-24(17)2)8-13(18(26)27)10-28-11-25(12)15-5-3-4-14(9-15)19(20,21)22/h3-9H,10-11H2,1-2H3,(H,26,27). The molecule has 1 aromatic carbocycles. The van der Waals surface area contributed by atoms with Crippen molar-refractivity contribution in [3.8, 4) is 0 Å². The van der Waals surface area contributed by atoms with Crippen molar-refractivity contribution in [1.29, 1.82) is 0 Å². The molecule has 2 heterocycles. The summed E-state index contributed by atoms with van der Waals surface area (Å²) in [5, 5.41) is 13.5. The molecule has 0 aliphatic carbocycles. The Balaban J connectivity index is 2.17. The Bertz CT molecular complexity index is 961. The summed E-state index contributed by atoms with van der Waals surface area (Å²) in [6.45, 7) is 1.42. The van der Waals surface area contributed by atoms with Crippen molar-refractivity contribution >= 4 is 17.2 Å². The maximum atomic E-state index is 13.1. The van der Waals surface area contributed by atoms with Crippen molar-refractivity contribution in [2.75, 3.05) is 18.2 Å². The number of anilines is 1. The van der Waals surface area contributed by atoms with Gasteiger partial charge in [0.15, 0.2) is 0 Å². The first-order chi connectivity index (χ1) is 13.2. The van der Waals surface area contributed by atoms with Crippen LogP contribution in [0.15, 0.2) is 53.9 Å². The summed E-state index contributed by atoms with van der Waals surface area (Å²) in [4.78, 5) is 13.1. The Morgan fingerprint density at radius 2 is 2.04 bits per heavy atom. The number of aliphatic carboxylic acids is 1. The smallest absolute Gasteiger partial charge is 0.416 e. The molecule has 148 valence electrons. The van der Waals surface area contributed by atoms with Gasteiger partial charge in [-0.25, -0.2) is 4.79 Å². The Hall–Kier alpha value is -3.07. The molecule has 0 saturated carbocycles. The van der Waals surface area contributed by atoms with E-state index < -0.39 is 17.7 Å². The van der Waals surface area contributed by atoms with Crippen LogP contribution in [0.3, 0.4) is 0 Å². The molecule has 1 aliphatic heterocycles. The highest BCUT2D eigenvalue weighted by Crippen LogP contribution is 2.34. The van der Waals surface area contributed by atoms with Crippen LogP contribution in [0, 0.1) is 0 Å². The van der Waals surface area contributed by atoms with Crippen molar-refractivity contribution in [2.24, 2.45) is 7.05 Å². The fraction of sp³-hybridized carbons (Fsp3) is 0.263. The second-order valence-electron chi connectivity index (χ2n) is 6.27. The van der Waals surface area contributed by atoms with E-state index in [0.717, 1.165) is 12.1 Å². The molecule has 6 nitrogen and oxygen atoms in total. The van der Waals surface area contributed by atoms with E-state index in [2.05, 4.69) is 5.10 Å². The topological polar surface area (TPSA) is 67.6 Å². The van der Waals surface area contributed by atoms with Crippen molar-refractivity contribution in [3.63, 3.8) is 0 Å². The summed E-state index contributed by atoms with van der Waals surface area (Å²) < 4.78 is 46.4. The molecule has 9 heteroatoms. The minimum Gasteiger partial charge on any atom is -0.478 e. The number of aryl methyl sites for hydroxylation is 1. The van der Waals surface area contributed by atoms with E-state index in [0.29, 0.717) is 22.7 Å². The third-order valence-electron chi connectivity index (χ3n) is 4.45. The minimum absolute atomic E-state index is 0.0410. The monoisotopic (exact) mass is 393 g/mol. The molecule has 0 atom stereocenters. The maximum absolute atomic E-state index is 13.1. The van der Waals surface area contributed by atoms with E-state index in [1.165, 1.54) is 12.1 Å². The van der Waals surface area contributed by atoms with Crippen molar-refractivity contribution in [3.05, 3.63) is 65.1 Å². The van der Waals surface area contributed by atoms with Crippen LogP contribution in [0.4, 0.5) is 18.9 Å². The highest BCUT2D eigenvalue weighted by molar-refractivity contribution is 5.92. The van der Waals surface area contributed by atoms with E-state index in [1.54, 1.807) is 41.9 Å². The minimum atomic E-state index is -4.47. The second-order valence-corrected chi connectivity index (χ2v) is 6.27. The number of ether oxygens (including phenoxy) is 1.